The fourth-order valence-corrected chi connectivity index (χ4v) is 6.37. The largest absolute Gasteiger partial charge is 0.309 e. The third kappa shape index (κ3) is 2.71. The molecule has 7 rings (SSSR count). The molecule has 2 aromatic heterocycles. The molecule has 0 saturated heterocycles. The van der Waals surface area contributed by atoms with Crippen molar-refractivity contribution >= 4 is 53.3 Å². The second-order valence-electron chi connectivity index (χ2n) is 8.67. The van der Waals surface area contributed by atoms with Crippen LogP contribution in [0.3, 0.4) is 0 Å². The lowest BCUT2D eigenvalue weighted by Gasteiger charge is -2.11. The van der Waals surface area contributed by atoms with Crippen molar-refractivity contribution in [3.8, 4) is 16.8 Å². The Hall–Kier alpha value is -3.88. The topological polar surface area (TPSA) is 4.93 Å². The van der Waals surface area contributed by atoms with E-state index in [9.17, 15) is 0 Å². The molecule has 0 amide bonds. The minimum Gasteiger partial charge on any atom is -0.309 e. The smallest absolute Gasteiger partial charge is 0.0555 e. The summed E-state index contributed by atoms with van der Waals surface area (Å²) in [5, 5.41) is 5.29. The molecule has 0 aliphatic carbocycles. The molecule has 0 saturated carbocycles. The van der Waals surface area contributed by atoms with E-state index in [1.54, 1.807) is 0 Å². The Morgan fingerprint density at radius 3 is 2.27 bits per heavy atom. The molecule has 0 bridgehead atoms. The number of nitrogens with zero attached hydrogens (tertiary/aromatic N) is 1. The van der Waals surface area contributed by atoms with Crippen molar-refractivity contribution in [2.75, 3.05) is 0 Å². The monoisotopic (exact) mass is 439 g/mol. The molecule has 5 aromatic carbocycles. The first kappa shape index (κ1) is 18.7. The maximum Gasteiger partial charge on any atom is 0.0555 e. The summed E-state index contributed by atoms with van der Waals surface area (Å²) in [6.07, 6.45) is 0. The van der Waals surface area contributed by atoms with E-state index in [2.05, 4.69) is 121 Å². The second-order valence-corrected chi connectivity index (χ2v) is 9.75. The summed E-state index contributed by atoms with van der Waals surface area (Å²) in [6, 6.07) is 39.8. The molecule has 0 atom stereocenters. The average molecular weight is 440 g/mol. The maximum absolute atomic E-state index is 2.47. The Kier molecular flexibility index (Phi) is 3.99. The lowest BCUT2D eigenvalue weighted by Crippen LogP contribution is -1.94. The van der Waals surface area contributed by atoms with E-state index in [1.165, 1.54) is 64.4 Å². The van der Waals surface area contributed by atoms with Crippen molar-refractivity contribution in [3.63, 3.8) is 0 Å². The molecule has 0 aliphatic heterocycles. The predicted octanol–water partition coefficient (Wildman–Crippen LogP) is 9.13. The van der Waals surface area contributed by atoms with Crippen LogP contribution < -0.4 is 0 Å². The highest BCUT2D eigenvalue weighted by Gasteiger charge is 2.19. The Bertz CT molecular complexity index is 1820. The molecule has 1 nitrogen and oxygen atoms in total. The average Bonchev–Trinajstić information content (AvgIpc) is 3.40. The van der Waals surface area contributed by atoms with Gasteiger partial charge in [-0.05, 0) is 54.4 Å². The van der Waals surface area contributed by atoms with Crippen LogP contribution in [0.1, 0.15) is 5.56 Å². The van der Waals surface area contributed by atoms with Gasteiger partial charge in [-0.1, -0.05) is 78.4 Å². The fourth-order valence-electron chi connectivity index (χ4n) is 5.24. The summed E-state index contributed by atoms with van der Waals surface area (Å²) in [5.74, 6) is 0. The van der Waals surface area contributed by atoms with Gasteiger partial charge in [-0.15, -0.1) is 11.3 Å². The van der Waals surface area contributed by atoms with Crippen LogP contribution >= 0.6 is 11.3 Å². The molecule has 0 fully saturated rings. The molecule has 0 unspecified atom stereocenters. The third-order valence-electron chi connectivity index (χ3n) is 6.65. The zero-order valence-corrected chi connectivity index (χ0v) is 19.1. The number of fused-ring (bicyclic) bond motifs is 6. The Morgan fingerprint density at radius 1 is 0.576 bits per heavy atom. The van der Waals surface area contributed by atoms with Crippen molar-refractivity contribution in [2.24, 2.45) is 0 Å². The number of benzene rings is 5. The van der Waals surface area contributed by atoms with Crippen LogP contribution in [0.15, 0.2) is 109 Å². The van der Waals surface area contributed by atoms with E-state index in [-0.39, 0.29) is 0 Å². The van der Waals surface area contributed by atoms with Crippen molar-refractivity contribution in [3.05, 3.63) is 115 Å². The van der Waals surface area contributed by atoms with E-state index < -0.39 is 0 Å². The van der Waals surface area contributed by atoms with Gasteiger partial charge in [-0.2, -0.15) is 0 Å². The number of thiophene rings is 1. The molecular weight excluding hydrogens is 418 g/mol. The fraction of sp³-hybridized carbons (Fsp3) is 0.0323. The molecule has 0 N–H and O–H groups in total. The molecule has 0 radical (unpaired) electrons. The van der Waals surface area contributed by atoms with Gasteiger partial charge in [0.05, 0.1) is 16.7 Å². The normalized spacial score (nSPS) is 11.8. The Labute approximate surface area is 196 Å². The van der Waals surface area contributed by atoms with Gasteiger partial charge < -0.3 is 4.57 Å². The molecule has 0 spiro atoms. The first-order valence-electron chi connectivity index (χ1n) is 11.3. The van der Waals surface area contributed by atoms with Crippen molar-refractivity contribution < 1.29 is 0 Å². The van der Waals surface area contributed by atoms with Gasteiger partial charge in [0.15, 0.2) is 0 Å². The predicted molar refractivity (Wildman–Crippen MR) is 144 cm³/mol. The highest BCUT2D eigenvalue weighted by atomic mass is 32.1. The Balaban J connectivity index is 1.69. The molecule has 0 aliphatic rings. The summed E-state index contributed by atoms with van der Waals surface area (Å²) in [7, 11) is 0. The van der Waals surface area contributed by atoms with Gasteiger partial charge in [-0.3, -0.25) is 0 Å². The van der Waals surface area contributed by atoms with Gasteiger partial charge >= 0.3 is 0 Å². The van der Waals surface area contributed by atoms with Crippen LogP contribution in [0, 0.1) is 6.92 Å². The van der Waals surface area contributed by atoms with Gasteiger partial charge in [-0.25, -0.2) is 0 Å². The van der Waals surface area contributed by atoms with Crippen LogP contribution in [-0.4, -0.2) is 4.57 Å². The zero-order chi connectivity index (χ0) is 21.9. The highest BCUT2D eigenvalue weighted by Crippen LogP contribution is 2.43. The SMILES string of the molecule is Cc1ccc2c(c1)c1c(-c3ccccc3)cccc1n2-c1cccc2sc3ccccc3c12. The van der Waals surface area contributed by atoms with Crippen LogP contribution in [-0.2, 0) is 0 Å². The molecule has 156 valence electrons. The molecule has 2 heteroatoms. The van der Waals surface area contributed by atoms with Gasteiger partial charge in [0.1, 0.15) is 0 Å². The van der Waals surface area contributed by atoms with Crippen molar-refractivity contribution in [1.29, 1.82) is 0 Å². The van der Waals surface area contributed by atoms with Crippen molar-refractivity contribution in [2.45, 2.75) is 6.92 Å². The van der Waals surface area contributed by atoms with Crippen molar-refractivity contribution in [1.82, 2.24) is 4.57 Å². The zero-order valence-electron chi connectivity index (χ0n) is 18.2. The van der Waals surface area contributed by atoms with E-state index in [4.69, 9.17) is 0 Å². The highest BCUT2D eigenvalue weighted by molar-refractivity contribution is 7.25. The first-order chi connectivity index (χ1) is 16.3. The minimum atomic E-state index is 1.25. The number of rotatable bonds is 2. The molecular formula is C31H21NS. The lowest BCUT2D eigenvalue weighted by atomic mass is 9.99. The third-order valence-corrected chi connectivity index (χ3v) is 7.79. The number of aryl methyl sites for hydroxylation is 1. The summed E-state index contributed by atoms with van der Waals surface area (Å²) < 4.78 is 5.13. The summed E-state index contributed by atoms with van der Waals surface area (Å²) in [6.45, 7) is 2.18. The second kappa shape index (κ2) is 7.06. The van der Waals surface area contributed by atoms with Crippen LogP contribution in [0.2, 0.25) is 0 Å². The van der Waals surface area contributed by atoms with Crippen LogP contribution in [0.5, 0.6) is 0 Å². The van der Waals surface area contributed by atoms with Crippen LogP contribution in [0.25, 0.3) is 58.8 Å². The Morgan fingerprint density at radius 2 is 1.36 bits per heavy atom. The quantitative estimate of drug-likeness (QED) is 0.253. The summed E-state index contributed by atoms with van der Waals surface area (Å²) >= 11 is 1.87. The summed E-state index contributed by atoms with van der Waals surface area (Å²) in [5.41, 5.74) is 7.57. The number of hydrogen-bond donors (Lipinski definition) is 0. The van der Waals surface area contributed by atoms with E-state index in [1.807, 2.05) is 11.3 Å². The van der Waals surface area contributed by atoms with Gasteiger partial charge in [0, 0.05) is 30.9 Å². The standard InChI is InChI=1S/C31H21NS/c1-20-17-18-25-24(19-20)30-22(21-9-3-2-4-10-21)12-7-13-26(30)32(25)27-14-8-16-29-31(27)23-11-5-6-15-28(23)33-29/h2-19H,1H3. The van der Waals surface area contributed by atoms with E-state index in [0.29, 0.717) is 0 Å². The number of aromatic nitrogens is 1. The van der Waals surface area contributed by atoms with E-state index >= 15 is 0 Å². The first-order valence-corrected chi connectivity index (χ1v) is 12.1. The minimum absolute atomic E-state index is 1.25. The molecule has 7 aromatic rings. The van der Waals surface area contributed by atoms with E-state index in [0.717, 1.165) is 0 Å². The van der Waals surface area contributed by atoms with Gasteiger partial charge in [0.2, 0.25) is 0 Å². The molecule has 33 heavy (non-hydrogen) atoms. The summed E-state index contributed by atoms with van der Waals surface area (Å²) in [4.78, 5) is 0. The maximum atomic E-state index is 2.47. The lowest BCUT2D eigenvalue weighted by molar-refractivity contribution is 1.20. The molecule has 2 heterocycles. The van der Waals surface area contributed by atoms with Gasteiger partial charge in [0.25, 0.3) is 0 Å². The van der Waals surface area contributed by atoms with Crippen LogP contribution in [0.4, 0.5) is 0 Å². The number of hydrogen-bond acceptors (Lipinski definition) is 1.